The van der Waals surface area contributed by atoms with E-state index in [1.54, 1.807) is 26.5 Å². The number of benzene rings is 3. The minimum Gasteiger partial charge on any atom is -0.497 e. The molecule has 276 valence electrons. The average Bonchev–Trinajstić information content (AvgIpc) is 3.51. The Balaban J connectivity index is 1.25. The maximum atomic E-state index is 15.1. The summed E-state index contributed by atoms with van der Waals surface area (Å²) in [4.78, 5) is 18.0. The summed E-state index contributed by atoms with van der Waals surface area (Å²) in [6.45, 7) is 2.31. The predicted molar refractivity (Wildman–Crippen MR) is 202 cm³/mol. The Morgan fingerprint density at radius 3 is 2.31 bits per heavy atom. The number of ether oxygens (including phenoxy) is 3. The van der Waals surface area contributed by atoms with Crippen LogP contribution >= 0.6 is 11.6 Å². The van der Waals surface area contributed by atoms with E-state index in [-0.39, 0.29) is 34.6 Å². The number of hydrogen-bond donors (Lipinski definition) is 1. The highest BCUT2D eigenvalue weighted by Gasteiger charge is 2.40. The summed E-state index contributed by atoms with van der Waals surface area (Å²) >= 11 is 7.18. The van der Waals surface area contributed by atoms with Gasteiger partial charge in [0.2, 0.25) is 0 Å². The summed E-state index contributed by atoms with van der Waals surface area (Å²) in [5.41, 5.74) is 4.05. The van der Waals surface area contributed by atoms with Crippen molar-refractivity contribution in [2.24, 2.45) is 4.99 Å². The fourth-order valence-electron chi connectivity index (χ4n) is 7.45. The van der Waals surface area contributed by atoms with E-state index in [1.165, 1.54) is 24.8 Å². The molecule has 3 aromatic carbocycles. The van der Waals surface area contributed by atoms with Gasteiger partial charge in [-0.1, -0.05) is 35.9 Å². The topological polar surface area (TPSA) is 84.3 Å². The molecule has 0 bridgehead atoms. The van der Waals surface area contributed by atoms with Crippen molar-refractivity contribution in [2.75, 3.05) is 31.1 Å². The number of aryl methyl sites for hydroxylation is 2. The lowest BCUT2D eigenvalue weighted by molar-refractivity contribution is -0.137. The van der Waals surface area contributed by atoms with Crippen molar-refractivity contribution in [3.8, 4) is 28.5 Å². The molecule has 8 rings (SSSR count). The Hall–Kier alpha value is -5.75. The van der Waals surface area contributed by atoms with E-state index in [1.807, 2.05) is 76.8 Å². The highest BCUT2D eigenvalue weighted by molar-refractivity contribution is 6.37. The molecule has 2 aliphatic heterocycles. The van der Waals surface area contributed by atoms with Crippen LogP contribution in [0.5, 0.6) is 17.2 Å². The number of nitrogens with one attached hydrogen (secondary N) is 1. The standard InChI is InChI=1S/C41H36ClF3N6O3/c1-24-18-34(50(21-25-4-9-28(52-2)10-5-25)22-26-6-11-29(53-3)12-7-26)49-38(36(24)41(43,44)45)30-19-33-35-39(37(30)42)47-23-48-40(35)51(16-17-54-33)32-13-8-27-14-15-46-20-31(27)32/h4-7,9-12,14-20,32,47H,8,13,21-23H2,1-3H3. The number of nitrogens with zero attached hydrogens (tertiary/aromatic N) is 5. The summed E-state index contributed by atoms with van der Waals surface area (Å²) in [5.74, 6) is 2.66. The molecular weight excluding hydrogens is 717 g/mol. The number of rotatable bonds is 9. The Labute approximate surface area is 315 Å². The van der Waals surface area contributed by atoms with Gasteiger partial charge in [0.05, 0.1) is 47.8 Å². The number of anilines is 2. The van der Waals surface area contributed by atoms with Crippen molar-refractivity contribution < 1.29 is 27.4 Å². The van der Waals surface area contributed by atoms with Crippen molar-refractivity contribution in [1.82, 2.24) is 14.9 Å². The summed E-state index contributed by atoms with van der Waals surface area (Å²) < 4.78 is 62.1. The Bertz CT molecular complexity index is 2230. The van der Waals surface area contributed by atoms with Crippen LogP contribution in [0, 0.1) is 6.92 Å². The molecule has 0 saturated carbocycles. The number of hydrogen-bond acceptors (Lipinski definition) is 9. The van der Waals surface area contributed by atoms with Gasteiger partial charge in [-0.2, -0.15) is 13.2 Å². The zero-order valence-corrected chi connectivity index (χ0v) is 30.5. The third kappa shape index (κ3) is 6.55. The van der Waals surface area contributed by atoms with Crippen molar-refractivity contribution in [3.63, 3.8) is 0 Å². The number of methoxy groups -OCH3 is 2. The highest BCUT2D eigenvalue weighted by atomic mass is 35.5. The normalized spacial score (nSPS) is 15.7. The Kier molecular flexibility index (Phi) is 9.31. The number of alkyl halides is 3. The first-order chi connectivity index (χ1) is 26.1. The molecule has 54 heavy (non-hydrogen) atoms. The maximum Gasteiger partial charge on any atom is 0.418 e. The molecule has 1 unspecified atom stereocenters. The van der Waals surface area contributed by atoms with E-state index in [0.717, 1.165) is 29.5 Å². The lowest BCUT2D eigenvalue weighted by Gasteiger charge is -2.32. The second-order valence-electron chi connectivity index (χ2n) is 13.3. The number of aliphatic imine (C=N–C) groups is 1. The molecule has 0 amide bonds. The van der Waals surface area contributed by atoms with Gasteiger partial charge in [-0.3, -0.25) is 4.98 Å². The summed E-state index contributed by atoms with van der Waals surface area (Å²) in [6.07, 6.45) is 3.99. The van der Waals surface area contributed by atoms with Crippen LogP contribution in [0.4, 0.5) is 24.7 Å². The smallest absolute Gasteiger partial charge is 0.418 e. The zero-order chi connectivity index (χ0) is 37.6. The van der Waals surface area contributed by atoms with E-state index in [4.69, 9.17) is 35.8 Å². The van der Waals surface area contributed by atoms with Gasteiger partial charge >= 0.3 is 6.18 Å². The van der Waals surface area contributed by atoms with Crippen molar-refractivity contribution in [1.29, 1.82) is 0 Å². The quantitative estimate of drug-likeness (QED) is 0.160. The Morgan fingerprint density at radius 2 is 1.67 bits per heavy atom. The molecule has 3 aliphatic rings. The number of halogens is 4. The summed E-state index contributed by atoms with van der Waals surface area (Å²) in [7, 11) is 3.19. The molecule has 2 aromatic heterocycles. The van der Waals surface area contributed by atoms with Crippen LogP contribution in [0.1, 0.15) is 51.4 Å². The van der Waals surface area contributed by atoms with Gasteiger partial charge in [-0.05, 0) is 90.0 Å². The minimum atomic E-state index is -4.74. The SMILES string of the molecule is COc1ccc(CN(Cc2ccc(OC)cc2)c2cc(C)c(C(F)(F)F)c(-c3cc4c5c(c3Cl)NCN=C5N(C3CCc5ccncc53)C=CO4)n2)cc1. The van der Waals surface area contributed by atoms with Crippen molar-refractivity contribution >= 4 is 28.9 Å². The number of aromatic nitrogens is 2. The molecular formula is C41H36ClF3N6O3. The van der Waals surface area contributed by atoms with E-state index >= 15 is 13.2 Å². The Morgan fingerprint density at radius 1 is 0.981 bits per heavy atom. The average molecular weight is 753 g/mol. The molecule has 0 saturated heterocycles. The van der Waals surface area contributed by atoms with Gasteiger partial charge in [0.25, 0.3) is 0 Å². The van der Waals surface area contributed by atoms with Gasteiger partial charge in [0, 0.05) is 37.2 Å². The van der Waals surface area contributed by atoms with Gasteiger partial charge in [-0.25, -0.2) is 9.98 Å². The molecule has 13 heteroatoms. The fraction of sp³-hybridized carbons (Fsp3) is 0.244. The van der Waals surface area contributed by atoms with Crippen molar-refractivity contribution in [2.45, 2.75) is 45.1 Å². The van der Waals surface area contributed by atoms with E-state index in [2.05, 4.69) is 10.3 Å². The third-order valence-electron chi connectivity index (χ3n) is 10.1. The maximum absolute atomic E-state index is 15.1. The lowest BCUT2D eigenvalue weighted by Crippen LogP contribution is -2.33. The molecule has 0 spiro atoms. The molecule has 9 nitrogen and oxygen atoms in total. The van der Waals surface area contributed by atoms with Crippen LogP contribution in [0.15, 0.2) is 96.6 Å². The van der Waals surface area contributed by atoms with E-state index in [9.17, 15) is 0 Å². The van der Waals surface area contributed by atoms with Crippen molar-refractivity contribution in [3.05, 3.63) is 136 Å². The predicted octanol–water partition coefficient (Wildman–Crippen LogP) is 9.33. The van der Waals surface area contributed by atoms with Gasteiger partial charge < -0.3 is 29.3 Å². The van der Waals surface area contributed by atoms with E-state index in [0.29, 0.717) is 53.2 Å². The first-order valence-electron chi connectivity index (χ1n) is 17.4. The zero-order valence-electron chi connectivity index (χ0n) is 29.7. The van der Waals surface area contributed by atoms with Gasteiger partial charge in [0.15, 0.2) is 0 Å². The van der Waals surface area contributed by atoms with Gasteiger partial charge in [0.1, 0.15) is 41.8 Å². The molecule has 5 aromatic rings. The second kappa shape index (κ2) is 14.2. The molecule has 0 fully saturated rings. The second-order valence-corrected chi connectivity index (χ2v) is 13.7. The number of amidine groups is 1. The molecule has 1 N–H and O–H groups in total. The van der Waals surface area contributed by atoms with Crippen LogP contribution in [0.3, 0.4) is 0 Å². The van der Waals surface area contributed by atoms with Crippen LogP contribution in [0.2, 0.25) is 5.02 Å². The van der Waals surface area contributed by atoms with Crippen LogP contribution in [-0.4, -0.2) is 41.6 Å². The van der Waals surface area contributed by atoms with Crippen LogP contribution in [-0.2, 0) is 25.7 Å². The van der Waals surface area contributed by atoms with Crippen LogP contribution < -0.4 is 24.4 Å². The van der Waals surface area contributed by atoms with E-state index < -0.39 is 11.7 Å². The van der Waals surface area contributed by atoms with Crippen LogP contribution in [0.25, 0.3) is 11.3 Å². The lowest BCUT2D eigenvalue weighted by atomic mass is 9.96. The minimum absolute atomic E-state index is 0.00678. The van der Waals surface area contributed by atoms with Gasteiger partial charge in [-0.15, -0.1) is 0 Å². The largest absolute Gasteiger partial charge is 0.497 e. The molecule has 0 radical (unpaired) electrons. The number of pyridine rings is 2. The highest BCUT2D eigenvalue weighted by Crippen LogP contribution is 2.49. The molecule has 1 atom stereocenters. The number of fused-ring (bicyclic) bond motifs is 1. The first-order valence-corrected chi connectivity index (χ1v) is 17.8. The monoisotopic (exact) mass is 752 g/mol. The summed E-state index contributed by atoms with van der Waals surface area (Å²) in [5, 5.41) is 3.32. The third-order valence-corrected chi connectivity index (χ3v) is 10.4. The fourth-order valence-corrected chi connectivity index (χ4v) is 7.76. The first kappa shape index (κ1) is 35.3. The molecule has 4 heterocycles. The molecule has 1 aliphatic carbocycles. The summed E-state index contributed by atoms with van der Waals surface area (Å²) in [6, 6.07) is 20.1.